The van der Waals surface area contributed by atoms with Crippen LogP contribution in [0.3, 0.4) is 0 Å². The number of aryl methyl sites for hydroxylation is 1. The standard InChI is InChI=1S/C21H20FN3O3/c1-13-8-9-14(11-16(13)22)23-20-19(21(26)28-12-15-5-4-10-27-15)24-17-6-2-3-7-18(17)25-20/h2-3,6-9,11,15H,4-5,10,12H2,1H3,(H,23,25). The van der Waals surface area contributed by atoms with Gasteiger partial charge in [-0.25, -0.2) is 19.2 Å². The normalized spacial score (nSPS) is 16.3. The van der Waals surface area contributed by atoms with Gasteiger partial charge in [0, 0.05) is 12.3 Å². The minimum atomic E-state index is -0.594. The van der Waals surface area contributed by atoms with Gasteiger partial charge in [0.2, 0.25) is 0 Å². The van der Waals surface area contributed by atoms with Gasteiger partial charge >= 0.3 is 5.97 Å². The Balaban J connectivity index is 1.65. The lowest BCUT2D eigenvalue weighted by Gasteiger charge is -2.13. The Hall–Kier alpha value is -3.06. The number of nitrogens with one attached hydrogen (secondary N) is 1. The van der Waals surface area contributed by atoms with Crippen molar-refractivity contribution in [3.63, 3.8) is 0 Å². The van der Waals surface area contributed by atoms with Crippen molar-refractivity contribution in [2.45, 2.75) is 25.9 Å². The second-order valence-corrected chi connectivity index (χ2v) is 6.73. The highest BCUT2D eigenvalue weighted by atomic mass is 19.1. The SMILES string of the molecule is Cc1ccc(Nc2nc3ccccc3nc2C(=O)OCC2CCCO2)cc1F. The molecule has 28 heavy (non-hydrogen) atoms. The predicted octanol–water partition coefficient (Wildman–Crippen LogP) is 4.16. The van der Waals surface area contributed by atoms with E-state index in [9.17, 15) is 9.18 Å². The second kappa shape index (κ2) is 7.90. The fourth-order valence-electron chi connectivity index (χ4n) is 3.05. The summed E-state index contributed by atoms with van der Waals surface area (Å²) in [4.78, 5) is 21.6. The molecule has 0 spiro atoms. The van der Waals surface area contributed by atoms with Crippen LogP contribution in [0.5, 0.6) is 0 Å². The smallest absolute Gasteiger partial charge is 0.360 e. The number of halogens is 1. The van der Waals surface area contributed by atoms with Crippen LogP contribution in [0.25, 0.3) is 11.0 Å². The highest BCUT2D eigenvalue weighted by molar-refractivity contribution is 5.96. The summed E-state index contributed by atoms with van der Waals surface area (Å²) in [5, 5.41) is 3.00. The molecule has 1 aromatic heterocycles. The number of fused-ring (bicyclic) bond motifs is 1. The molecule has 1 atom stereocenters. The van der Waals surface area contributed by atoms with E-state index in [0.717, 1.165) is 12.8 Å². The summed E-state index contributed by atoms with van der Waals surface area (Å²) < 4.78 is 24.8. The van der Waals surface area contributed by atoms with E-state index in [1.165, 1.54) is 6.07 Å². The van der Waals surface area contributed by atoms with Gasteiger partial charge in [0.15, 0.2) is 11.5 Å². The number of para-hydroxylation sites is 2. The molecule has 2 aromatic carbocycles. The zero-order chi connectivity index (χ0) is 19.5. The van der Waals surface area contributed by atoms with E-state index < -0.39 is 5.97 Å². The van der Waals surface area contributed by atoms with Crippen molar-refractivity contribution in [3.8, 4) is 0 Å². The summed E-state index contributed by atoms with van der Waals surface area (Å²) in [5.74, 6) is -0.718. The number of esters is 1. The molecule has 1 N–H and O–H groups in total. The molecule has 0 saturated carbocycles. The summed E-state index contributed by atoms with van der Waals surface area (Å²) in [5.41, 5.74) is 2.25. The maximum atomic E-state index is 13.9. The summed E-state index contributed by atoms with van der Waals surface area (Å²) in [7, 11) is 0. The molecule has 4 rings (SSSR count). The Morgan fingerprint density at radius 1 is 1.25 bits per heavy atom. The Morgan fingerprint density at radius 3 is 2.75 bits per heavy atom. The van der Waals surface area contributed by atoms with E-state index >= 15 is 0 Å². The third-order valence-electron chi connectivity index (χ3n) is 4.62. The van der Waals surface area contributed by atoms with Gasteiger partial charge in [-0.3, -0.25) is 0 Å². The van der Waals surface area contributed by atoms with Crippen LogP contribution in [0.2, 0.25) is 0 Å². The van der Waals surface area contributed by atoms with Crippen molar-refractivity contribution >= 4 is 28.5 Å². The van der Waals surface area contributed by atoms with Crippen LogP contribution < -0.4 is 5.32 Å². The summed E-state index contributed by atoms with van der Waals surface area (Å²) in [6, 6.07) is 12.0. The first-order valence-electron chi connectivity index (χ1n) is 9.19. The quantitative estimate of drug-likeness (QED) is 0.669. The number of hydrogen-bond acceptors (Lipinski definition) is 6. The summed E-state index contributed by atoms with van der Waals surface area (Å²) >= 11 is 0. The third kappa shape index (κ3) is 3.94. The molecule has 1 aliphatic rings. The Bertz CT molecular complexity index is 1020. The van der Waals surface area contributed by atoms with Crippen molar-refractivity contribution < 1.29 is 18.7 Å². The first-order chi connectivity index (χ1) is 13.6. The maximum absolute atomic E-state index is 13.9. The monoisotopic (exact) mass is 381 g/mol. The summed E-state index contributed by atoms with van der Waals surface area (Å²) in [6.45, 7) is 2.54. The molecule has 0 bridgehead atoms. The molecule has 0 aliphatic carbocycles. The van der Waals surface area contributed by atoms with E-state index in [1.807, 2.05) is 12.1 Å². The van der Waals surface area contributed by atoms with Gasteiger partial charge in [-0.2, -0.15) is 0 Å². The van der Waals surface area contributed by atoms with Gasteiger partial charge < -0.3 is 14.8 Å². The van der Waals surface area contributed by atoms with Crippen LogP contribution in [-0.4, -0.2) is 35.3 Å². The van der Waals surface area contributed by atoms with Gasteiger partial charge in [0.25, 0.3) is 0 Å². The average Bonchev–Trinajstić information content (AvgIpc) is 3.22. The minimum Gasteiger partial charge on any atom is -0.458 e. The molecule has 2 heterocycles. The van der Waals surface area contributed by atoms with E-state index in [4.69, 9.17) is 9.47 Å². The molecule has 7 heteroatoms. The Morgan fingerprint density at radius 2 is 2.04 bits per heavy atom. The van der Waals surface area contributed by atoms with Crippen molar-refractivity contribution in [2.75, 3.05) is 18.5 Å². The largest absolute Gasteiger partial charge is 0.458 e. The molecule has 1 saturated heterocycles. The van der Waals surface area contributed by atoms with Crippen LogP contribution in [0.1, 0.15) is 28.9 Å². The number of ether oxygens (including phenoxy) is 2. The van der Waals surface area contributed by atoms with Crippen molar-refractivity contribution in [1.29, 1.82) is 0 Å². The number of carbonyl (C=O) groups excluding carboxylic acids is 1. The first-order valence-corrected chi connectivity index (χ1v) is 9.19. The number of anilines is 2. The van der Waals surface area contributed by atoms with Crippen molar-refractivity contribution in [1.82, 2.24) is 9.97 Å². The fraction of sp³-hybridized carbons (Fsp3) is 0.286. The second-order valence-electron chi connectivity index (χ2n) is 6.73. The average molecular weight is 381 g/mol. The van der Waals surface area contributed by atoms with Gasteiger partial charge in [0.1, 0.15) is 12.4 Å². The van der Waals surface area contributed by atoms with Crippen LogP contribution in [0.15, 0.2) is 42.5 Å². The van der Waals surface area contributed by atoms with Crippen LogP contribution >= 0.6 is 0 Å². The topological polar surface area (TPSA) is 73.3 Å². The third-order valence-corrected chi connectivity index (χ3v) is 4.62. The maximum Gasteiger partial charge on any atom is 0.360 e. The lowest BCUT2D eigenvalue weighted by molar-refractivity contribution is 0.0157. The fourth-order valence-corrected chi connectivity index (χ4v) is 3.05. The highest BCUT2D eigenvalue weighted by Crippen LogP contribution is 2.23. The van der Waals surface area contributed by atoms with Gasteiger partial charge in [-0.1, -0.05) is 18.2 Å². The van der Waals surface area contributed by atoms with Crippen molar-refractivity contribution in [3.05, 3.63) is 59.5 Å². The lowest BCUT2D eigenvalue weighted by Crippen LogP contribution is -2.19. The Kier molecular flexibility index (Phi) is 5.16. The molecule has 0 amide bonds. The molecule has 1 aliphatic heterocycles. The number of hydrogen-bond donors (Lipinski definition) is 1. The number of rotatable bonds is 5. The van der Waals surface area contributed by atoms with Crippen LogP contribution in [0.4, 0.5) is 15.9 Å². The zero-order valence-electron chi connectivity index (χ0n) is 15.4. The predicted molar refractivity (Wildman–Crippen MR) is 103 cm³/mol. The van der Waals surface area contributed by atoms with E-state index in [2.05, 4.69) is 15.3 Å². The molecule has 1 unspecified atom stereocenters. The molecule has 0 radical (unpaired) electrons. The Labute approximate surface area is 161 Å². The van der Waals surface area contributed by atoms with Crippen LogP contribution in [0, 0.1) is 12.7 Å². The molecule has 1 fully saturated rings. The van der Waals surface area contributed by atoms with E-state index in [-0.39, 0.29) is 30.0 Å². The highest BCUT2D eigenvalue weighted by Gasteiger charge is 2.22. The van der Waals surface area contributed by atoms with Crippen molar-refractivity contribution in [2.24, 2.45) is 0 Å². The number of aromatic nitrogens is 2. The van der Waals surface area contributed by atoms with Gasteiger partial charge in [0.05, 0.1) is 17.1 Å². The first kappa shape index (κ1) is 18.3. The number of carbonyl (C=O) groups is 1. The van der Waals surface area contributed by atoms with Gasteiger partial charge in [-0.05, 0) is 49.6 Å². The zero-order valence-corrected chi connectivity index (χ0v) is 15.4. The number of benzene rings is 2. The minimum absolute atomic E-state index is 0.0534. The molecule has 3 aromatic rings. The molecular weight excluding hydrogens is 361 g/mol. The lowest BCUT2D eigenvalue weighted by atomic mass is 10.2. The van der Waals surface area contributed by atoms with E-state index in [0.29, 0.717) is 28.9 Å². The molecular formula is C21H20FN3O3. The van der Waals surface area contributed by atoms with Gasteiger partial charge in [-0.15, -0.1) is 0 Å². The van der Waals surface area contributed by atoms with Crippen LogP contribution in [-0.2, 0) is 9.47 Å². The number of nitrogens with zero attached hydrogens (tertiary/aromatic N) is 2. The van der Waals surface area contributed by atoms with E-state index in [1.54, 1.807) is 31.2 Å². The molecule has 6 nitrogen and oxygen atoms in total. The molecule has 144 valence electrons. The summed E-state index contributed by atoms with van der Waals surface area (Å²) in [6.07, 6.45) is 1.74.